The molecule has 4 heteroatoms. The second kappa shape index (κ2) is 8.20. The minimum atomic E-state index is -0.540. The lowest BCUT2D eigenvalue weighted by Gasteiger charge is -2.14. The van der Waals surface area contributed by atoms with Crippen molar-refractivity contribution in [3.8, 4) is 22.6 Å². The van der Waals surface area contributed by atoms with Crippen molar-refractivity contribution >= 4 is 16.8 Å². The van der Waals surface area contributed by atoms with Crippen molar-refractivity contribution in [2.45, 2.75) is 0 Å². The third-order valence-corrected chi connectivity index (χ3v) is 3.29. The zero-order valence-corrected chi connectivity index (χ0v) is 13.4. The zero-order chi connectivity index (χ0) is 16.7. The molecule has 2 rings (SSSR count). The number of carbonyl (C=O) groups excluding carboxylic acids is 1. The Labute approximate surface area is 140 Å². The van der Waals surface area contributed by atoms with E-state index in [1.165, 1.54) is 0 Å². The van der Waals surface area contributed by atoms with Crippen LogP contribution in [0.25, 0.3) is 11.1 Å². The second-order valence-corrected chi connectivity index (χ2v) is 5.02. The molecule has 0 aliphatic rings. The summed E-state index contributed by atoms with van der Waals surface area (Å²) in [4.78, 5) is 11.8. The van der Waals surface area contributed by atoms with Gasteiger partial charge in [-0.25, -0.2) is 0 Å². The van der Waals surface area contributed by atoms with Gasteiger partial charge in [0.25, 0.3) is 5.24 Å². The molecule has 0 N–H and O–H groups in total. The van der Waals surface area contributed by atoms with Crippen LogP contribution in [-0.4, -0.2) is 18.5 Å². The van der Waals surface area contributed by atoms with E-state index in [-0.39, 0.29) is 0 Å². The molecule has 118 valence electrons. The minimum absolute atomic E-state index is 0.333. The summed E-state index contributed by atoms with van der Waals surface area (Å²) in [7, 11) is 0. The van der Waals surface area contributed by atoms with Crippen LogP contribution in [0.3, 0.4) is 0 Å². The number of halogens is 1. The fraction of sp³-hybridized carbons (Fsp3) is 0.105. The zero-order valence-electron chi connectivity index (χ0n) is 12.6. The molecule has 0 atom stereocenters. The molecule has 0 aliphatic carbocycles. The summed E-state index contributed by atoms with van der Waals surface area (Å²) in [6.45, 7) is 8.00. The number of ether oxygens (including phenoxy) is 2. The standard InChI is InChI=1S/C19H17ClO3/c1-3-11-22-15-8-5-7-14(13-15)18-16(19(20)21)9-6-10-17(18)23-12-4-2/h3-10,13H,1-2,11-12H2. The molecule has 2 aromatic carbocycles. The lowest BCUT2D eigenvalue weighted by molar-refractivity contribution is 0.108. The van der Waals surface area contributed by atoms with Crippen LogP contribution < -0.4 is 9.47 Å². The monoisotopic (exact) mass is 328 g/mol. The van der Waals surface area contributed by atoms with Gasteiger partial charge in [-0.05, 0) is 41.4 Å². The Kier molecular flexibility index (Phi) is 6.01. The molecular weight excluding hydrogens is 312 g/mol. The van der Waals surface area contributed by atoms with Crippen LogP contribution in [0.4, 0.5) is 0 Å². The number of carbonyl (C=O) groups is 1. The fourth-order valence-corrected chi connectivity index (χ4v) is 2.32. The molecule has 0 fully saturated rings. The third kappa shape index (κ3) is 4.24. The van der Waals surface area contributed by atoms with Crippen LogP contribution in [0, 0.1) is 0 Å². The predicted octanol–water partition coefficient (Wildman–Crippen LogP) is 4.86. The van der Waals surface area contributed by atoms with Gasteiger partial charge >= 0.3 is 0 Å². The maximum absolute atomic E-state index is 11.8. The van der Waals surface area contributed by atoms with Crippen molar-refractivity contribution in [1.82, 2.24) is 0 Å². The number of hydrogen-bond acceptors (Lipinski definition) is 3. The highest BCUT2D eigenvalue weighted by Gasteiger charge is 2.16. The van der Waals surface area contributed by atoms with Gasteiger partial charge in [0.15, 0.2) is 0 Å². The molecule has 0 saturated carbocycles. The summed E-state index contributed by atoms with van der Waals surface area (Å²) in [6.07, 6.45) is 3.31. The first-order valence-corrected chi connectivity index (χ1v) is 7.46. The van der Waals surface area contributed by atoms with E-state index in [4.69, 9.17) is 21.1 Å². The summed E-state index contributed by atoms with van der Waals surface area (Å²) >= 11 is 5.73. The number of hydrogen-bond donors (Lipinski definition) is 0. The lowest BCUT2D eigenvalue weighted by atomic mass is 9.99. The summed E-state index contributed by atoms with van der Waals surface area (Å²) in [6, 6.07) is 12.6. The molecule has 0 heterocycles. The van der Waals surface area contributed by atoms with Crippen LogP contribution in [0.1, 0.15) is 10.4 Å². The first-order chi connectivity index (χ1) is 11.2. The molecule has 0 saturated heterocycles. The van der Waals surface area contributed by atoms with Gasteiger partial charge in [-0.2, -0.15) is 0 Å². The Morgan fingerprint density at radius 2 is 1.74 bits per heavy atom. The molecule has 0 radical (unpaired) electrons. The van der Waals surface area contributed by atoms with Gasteiger partial charge < -0.3 is 9.47 Å². The van der Waals surface area contributed by atoms with E-state index >= 15 is 0 Å². The lowest BCUT2D eigenvalue weighted by Crippen LogP contribution is -2.01. The second-order valence-electron chi connectivity index (χ2n) is 4.68. The van der Waals surface area contributed by atoms with Crippen LogP contribution >= 0.6 is 11.6 Å². The van der Waals surface area contributed by atoms with Crippen molar-refractivity contribution in [3.63, 3.8) is 0 Å². The van der Waals surface area contributed by atoms with Crippen molar-refractivity contribution in [2.75, 3.05) is 13.2 Å². The van der Waals surface area contributed by atoms with E-state index < -0.39 is 5.24 Å². The summed E-state index contributed by atoms with van der Waals surface area (Å²) in [5, 5.41) is -0.540. The summed E-state index contributed by atoms with van der Waals surface area (Å²) in [5.41, 5.74) is 1.81. The van der Waals surface area contributed by atoms with Gasteiger partial charge in [0.1, 0.15) is 24.7 Å². The Bertz CT molecular complexity index is 722. The van der Waals surface area contributed by atoms with Gasteiger partial charge in [0.2, 0.25) is 0 Å². The quantitative estimate of drug-likeness (QED) is 0.512. The van der Waals surface area contributed by atoms with E-state index in [1.807, 2.05) is 24.3 Å². The molecule has 3 nitrogen and oxygen atoms in total. The Morgan fingerprint density at radius 1 is 1.04 bits per heavy atom. The Morgan fingerprint density at radius 3 is 2.43 bits per heavy atom. The molecular formula is C19H17ClO3. The first kappa shape index (κ1) is 16.8. The average molecular weight is 329 g/mol. The number of benzene rings is 2. The van der Waals surface area contributed by atoms with E-state index in [1.54, 1.807) is 30.4 Å². The van der Waals surface area contributed by atoms with Crippen LogP contribution in [0.2, 0.25) is 0 Å². The van der Waals surface area contributed by atoms with Gasteiger partial charge in [-0.1, -0.05) is 43.5 Å². The summed E-state index contributed by atoms with van der Waals surface area (Å²) < 4.78 is 11.2. The normalized spacial score (nSPS) is 9.96. The largest absolute Gasteiger partial charge is 0.490 e. The molecule has 0 bridgehead atoms. The van der Waals surface area contributed by atoms with E-state index in [0.717, 1.165) is 5.56 Å². The smallest absolute Gasteiger partial charge is 0.253 e. The van der Waals surface area contributed by atoms with Crippen LogP contribution in [0.15, 0.2) is 67.8 Å². The van der Waals surface area contributed by atoms with Crippen LogP contribution in [-0.2, 0) is 0 Å². The average Bonchev–Trinajstić information content (AvgIpc) is 2.57. The van der Waals surface area contributed by atoms with Gasteiger partial charge in [0.05, 0.1) is 0 Å². The molecule has 2 aromatic rings. The van der Waals surface area contributed by atoms with E-state index in [0.29, 0.717) is 35.8 Å². The van der Waals surface area contributed by atoms with Gasteiger partial charge in [-0.15, -0.1) is 0 Å². The molecule has 0 aliphatic heterocycles. The highest BCUT2D eigenvalue weighted by Crippen LogP contribution is 2.36. The highest BCUT2D eigenvalue weighted by atomic mass is 35.5. The van der Waals surface area contributed by atoms with Crippen molar-refractivity contribution in [1.29, 1.82) is 0 Å². The van der Waals surface area contributed by atoms with Gasteiger partial charge in [-0.3, -0.25) is 4.79 Å². The van der Waals surface area contributed by atoms with E-state index in [2.05, 4.69) is 13.2 Å². The Hall–Kier alpha value is -2.52. The third-order valence-electron chi connectivity index (χ3n) is 3.09. The topological polar surface area (TPSA) is 35.5 Å². The highest BCUT2D eigenvalue weighted by molar-refractivity contribution is 6.68. The Balaban J connectivity index is 2.53. The van der Waals surface area contributed by atoms with Crippen molar-refractivity contribution < 1.29 is 14.3 Å². The maximum Gasteiger partial charge on any atom is 0.253 e. The molecule has 0 unspecified atom stereocenters. The molecule has 0 spiro atoms. The maximum atomic E-state index is 11.8. The van der Waals surface area contributed by atoms with Crippen molar-refractivity contribution in [2.24, 2.45) is 0 Å². The summed E-state index contributed by atoms with van der Waals surface area (Å²) in [5.74, 6) is 1.24. The first-order valence-electron chi connectivity index (χ1n) is 7.08. The predicted molar refractivity (Wildman–Crippen MR) is 93.4 cm³/mol. The number of rotatable bonds is 8. The molecule has 0 amide bonds. The SMILES string of the molecule is C=CCOc1cccc(-c2c(OCC=C)cccc2C(=O)Cl)c1. The molecule has 23 heavy (non-hydrogen) atoms. The fourth-order valence-electron chi connectivity index (χ4n) is 2.16. The van der Waals surface area contributed by atoms with Gasteiger partial charge in [0, 0.05) is 11.1 Å². The van der Waals surface area contributed by atoms with Crippen molar-refractivity contribution in [3.05, 3.63) is 73.3 Å². The van der Waals surface area contributed by atoms with E-state index in [9.17, 15) is 4.79 Å². The molecule has 0 aromatic heterocycles. The van der Waals surface area contributed by atoms with Crippen LogP contribution in [0.5, 0.6) is 11.5 Å². The minimum Gasteiger partial charge on any atom is -0.490 e.